The third kappa shape index (κ3) is 1.61. The van der Waals surface area contributed by atoms with E-state index in [1.165, 1.54) is 0 Å². The van der Waals surface area contributed by atoms with Crippen molar-refractivity contribution in [3.05, 3.63) is 36.7 Å². The van der Waals surface area contributed by atoms with Gasteiger partial charge in [-0.05, 0) is 24.3 Å². The molecule has 0 aliphatic carbocycles. The van der Waals surface area contributed by atoms with Crippen LogP contribution in [0.25, 0.3) is 22.6 Å². The van der Waals surface area contributed by atoms with Crippen LogP contribution in [0.4, 0.5) is 0 Å². The van der Waals surface area contributed by atoms with Crippen LogP contribution in [0.1, 0.15) is 0 Å². The van der Waals surface area contributed by atoms with Gasteiger partial charge in [-0.15, -0.1) is 0 Å². The number of ether oxygens (including phenoxy) is 1. The lowest BCUT2D eigenvalue weighted by molar-refractivity contribution is 0.399. The van der Waals surface area contributed by atoms with Crippen molar-refractivity contribution >= 4 is 11.2 Å². The fourth-order valence-electron chi connectivity index (χ4n) is 1.71. The lowest BCUT2D eigenvalue weighted by Crippen LogP contribution is -1.91. The maximum absolute atomic E-state index is 5.20. The van der Waals surface area contributed by atoms with Crippen molar-refractivity contribution in [3.63, 3.8) is 0 Å². The predicted molar refractivity (Wildman–Crippen MR) is 63.7 cm³/mol. The molecule has 0 atom stereocenters. The molecular formula is C12H10N4O. The van der Waals surface area contributed by atoms with Crippen LogP contribution in [0, 0.1) is 0 Å². The third-order valence-electron chi connectivity index (χ3n) is 2.48. The molecule has 3 heterocycles. The van der Waals surface area contributed by atoms with Gasteiger partial charge in [-0.2, -0.15) is 0 Å². The van der Waals surface area contributed by atoms with E-state index in [1.54, 1.807) is 19.5 Å². The number of rotatable bonds is 2. The Kier molecular flexibility index (Phi) is 2.22. The number of imidazole rings is 1. The molecule has 1 N–H and O–H groups in total. The van der Waals surface area contributed by atoms with E-state index in [9.17, 15) is 0 Å². The molecule has 0 amide bonds. The Morgan fingerprint density at radius 1 is 1.12 bits per heavy atom. The van der Waals surface area contributed by atoms with Gasteiger partial charge in [0.15, 0.2) is 5.65 Å². The van der Waals surface area contributed by atoms with E-state index in [-0.39, 0.29) is 0 Å². The summed E-state index contributed by atoms with van der Waals surface area (Å²) >= 11 is 0. The first-order chi connectivity index (χ1) is 8.38. The highest BCUT2D eigenvalue weighted by Crippen LogP contribution is 2.26. The van der Waals surface area contributed by atoms with Crippen LogP contribution in [0.5, 0.6) is 5.88 Å². The number of pyridine rings is 2. The number of methoxy groups -OCH3 is 1. The monoisotopic (exact) mass is 226 g/mol. The van der Waals surface area contributed by atoms with E-state index < -0.39 is 0 Å². The highest BCUT2D eigenvalue weighted by atomic mass is 16.5. The van der Waals surface area contributed by atoms with Crippen molar-refractivity contribution < 1.29 is 4.74 Å². The molecule has 0 aliphatic rings. The van der Waals surface area contributed by atoms with Gasteiger partial charge in [-0.1, -0.05) is 0 Å². The summed E-state index contributed by atoms with van der Waals surface area (Å²) in [4.78, 5) is 15.9. The number of fused-ring (bicyclic) bond motifs is 1. The lowest BCUT2D eigenvalue weighted by atomic mass is 10.2. The average molecular weight is 226 g/mol. The van der Waals surface area contributed by atoms with Gasteiger partial charge in [-0.3, -0.25) is 0 Å². The second-order valence-corrected chi connectivity index (χ2v) is 3.52. The summed E-state index contributed by atoms with van der Waals surface area (Å²) in [6.07, 6.45) is 3.40. The van der Waals surface area contributed by atoms with Crippen molar-refractivity contribution in [2.24, 2.45) is 0 Å². The van der Waals surface area contributed by atoms with Gasteiger partial charge in [0.2, 0.25) is 5.88 Å². The SMILES string of the molecule is COc1ncccc1-c1nc2ncccc2[nH]1. The molecule has 3 aromatic heterocycles. The Bertz CT molecular complexity index is 629. The summed E-state index contributed by atoms with van der Waals surface area (Å²) < 4.78 is 5.20. The number of nitrogens with zero attached hydrogens (tertiary/aromatic N) is 3. The van der Waals surface area contributed by atoms with Gasteiger partial charge in [0.05, 0.1) is 18.2 Å². The minimum absolute atomic E-state index is 0.548. The van der Waals surface area contributed by atoms with Crippen LogP contribution in [-0.2, 0) is 0 Å². The molecular weight excluding hydrogens is 216 g/mol. The van der Waals surface area contributed by atoms with Gasteiger partial charge in [0.25, 0.3) is 0 Å². The Labute approximate surface area is 97.5 Å². The van der Waals surface area contributed by atoms with Crippen LogP contribution in [0.2, 0.25) is 0 Å². The first-order valence-corrected chi connectivity index (χ1v) is 5.18. The standard InChI is InChI=1S/C12H10N4O/c1-17-12-8(4-2-7-14-12)10-15-9-5-3-6-13-11(9)16-10/h2-7H,1H3,(H,13,15,16). The molecule has 5 nitrogen and oxygen atoms in total. The molecule has 0 unspecified atom stereocenters. The van der Waals surface area contributed by atoms with E-state index in [4.69, 9.17) is 4.74 Å². The first kappa shape index (κ1) is 9.77. The molecule has 0 bridgehead atoms. The fourth-order valence-corrected chi connectivity index (χ4v) is 1.71. The second-order valence-electron chi connectivity index (χ2n) is 3.52. The molecule has 3 rings (SSSR count). The molecule has 0 radical (unpaired) electrons. The highest BCUT2D eigenvalue weighted by molar-refractivity contribution is 5.76. The van der Waals surface area contributed by atoms with Crippen LogP contribution in [0.15, 0.2) is 36.7 Å². The smallest absolute Gasteiger partial charge is 0.224 e. The molecule has 0 aliphatic heterocycles. The van der Waals surface area contributed by atoms with E-state index >= 15 is 0 Å². The average Bonchev–Trinajstić information content (AvgIpc) is 2.82. The number of hydrogen-bond donors (Lipinski definition) is 1. The zero-order chi connectivity index (χ0) is 11.7. The van der Waals surface area contributed by atoms with Gasteiger partial charge in [-0.25, -0.2) is 15.0 Å². The van der Waals surface area contributed by atoms with Crippen molar-refractivity contribution in [2.75, 3.05) is 7.11 Å². The number of H-pyrrole nitrogens is 1. The van der Waals surface area contributed by atoms with E-state index in [0.29, 0.717) is 17.4 Å². The quantitative estimate of drug-likeness (QED) is 0.726. The van der Waals surface area contributed by atoms with E-state index in [1.807, 2.05) is 24.3 Å². The number of hydrogen-bond acceptors (Lipinski definition) is 4. The highest BCUT2D eigenvalue weighted by Gasteiger charge is 2.10. The molecule has 0 fully saturated rings. The minimum atomic E-state index is 0.548. The predicted octanol–water partition coefficient (Wildman–Crippen LogP) is 2.03. The molecule has 5 heteroatoms. The number of aromatic amines is 1. The summed E-state index contributed by atoms with van der Waals surface area (Å²) in [6, 6.07) is 7.55. The molecule has 0 saturated carbocycles. The summed E-state index contributed by atoms with van der Waals surface area (Å²) in [6.45, 7) is 0. The van der Waals surface area contributed by atoms with Crippen LogP contribution in [-0.4, -0.2) is 27.0 Å². The molecule has 0 spiro atoms. The maximum Gasteiger partial charge on any atom is 0.224 e. The second kappa shape index (κ2) is 3.86. The van der Waals surface area contributed by atoms with Gasteiger partial charge < -0.3 is 9.72 Å². The van der Waals surface area contributed by atoms with Crippen molar-refractivity contribution in [1.29, 1.82) is 0 Å². The Morgan fingerprint density at radius 3 is 2.76 bits per heavy atom. The summed E-state index contributed by atoms with van der Waals surface area (Å²) in [5.74, 6) is 1.26. The van der Waals surface area contributed by atoms with Gasteiger partial charge in [0, 0.05) is 12.4 Å². The molecule has 0 aromatic carbocycles. The summed E-state index contributed by atoms with van der Waals surface area (Å²) in [5.41, 5.74) is 2.41. The van der Waals surface area contributed by atoms with Gasteiger partial charge in [0.1, 0.15) is 5.82 Å². The normalized spacial score (nSPS) is 10.6. The molecule has 0 saturated heterocycles. The third-order valence-corrected chi connectivity index (χ3v) is 2.48. The number of aromatic nitrogens is 4. The summed E-state index contributed by atoms with van der Waals surface area (Å²) in [5, 5.41) is 0. The zero-order valence-corrected chi connectivity index (χ0v) is 9.21. The topological polar surface area (TPSA) is 63.7 Å². The Morgan fingerprint density at radius 2 is 1.94 bits per heavy atom. The molecule has 84 valence electrons. The first-order valence-electron chi connectivity index (χ1n) is 5.18. The lowest BCUT2D eigenvalue weighted by Gasteiger charge is -2.02. The Hall–Kier alpha value is -2.43. The molecule has 3 aromatic rings. The fraction of sp³-hybridized carbons (Fsp3) is 0.0833. The van der Waals surface area contributed by atoms with Crippen LogP contribution in [0.3, 0.4) is 0 Å². The van der Waals surface area contributed by atoms with Crippen molar-refractivity contribution in [3.8, 4) is 17.3 Å². The van der Waals surface area contributed by atoms with E-state index in [0.717, 1.165) is 11.1 Å². The van der Waals surface area contributed by atoms with Crippen LogP contribution >= 0.6 is 0 Å². The largest absolute Gasteiger partial charge is 0.480 e. The van der Waals surface area contributed by atoms with Crippen molar-refractivity contribution in [2.45, 2.75) is 0 Å². The zero-order valence-electron chi connectivity index (χ0n) is 9.21. The van der Waals surface area contributed by atoms with Gasteiger partial charge >= 0.3 is 0 Å². The van der Waals surface area contributed by atoms with E-state index in [2.05, 4.69) is 19.9 Å². The summed E-state index contributed by atoms with van der Waals surface area (Å²) in [7, 11) is 1.59. The number of nitrogens with one attached hydrogen (secondary N) is 1. The molecule has 17 heavy (non-hydrogen) atoms. The minimum Gasteiger partial charge on any atom is -0.480 e. The Balaban J connectivity index is 2.20. The van der Waals surface area contributed by atoms with Crippen LogP contribution < -0.4 is 4.74 Å². The van der Waals surface area contributed by atoms with Crippen molar-refractivity contribution in [1.82, 2.24) is 19.9 Å². The maximum atomic E-state index is 5.20.